The molecule has 19 heavy (non-hydrogen) atoms. The third-order valence-corrected chi connectivity index (χ3v) is 5.96. The van der Waals surface area contributed by atoms with Gasteiger partial charge in [-0.25, -0.2) is 8.93 Å². The zero-order valence-electron chi connectivity index (χ0n) is 11.9. The van der Waals surface area contributed by atoms with Gasteiger partial charge in [-0.15, -0.1) is 0 Å². The third kappa shape index (κ3) is 2.93. The molecule has 1 heterocycles. The fourth-order valence-electron chi connectivity index (χ4n) is 2.26. The molecule has 3 atom stereocenters. The summed E-state index contributed by atoms with van der Waals surface area (Å²) in [6, 6.07) is 4.02. The van der Waals surface area contributed by atoms with Crippen LogP contribution in [0.1, 0.15) is 46.2 Å². The Labute approximate surface area is 126 Å². The smallest absolute Gasteiger partial charge is 0.0979 e. The topological polar surface area (TPSA) is 42.0 Å². The van der Waals surface area contributed by atoms with Crippen LogP contribution in [0.15, 0.2) is 22.8 Å². The molecule has 0 bridgehead atoms. The van der Waals surface area contributed by atoms with Crippen molar-refractivity contribution in [3.63, 3.8) is 0 Å². The predicted octanol–water partition coefficient (Wildman–Crippen LogP) is 3.52. The summed E-state index contributed by atoms with van der Waals surface area (Å²) < 4.78 is 16.5. The maximum Gasteiger partial charge on any atom is 0.0979 e. The van der Waals surface area contributed by atoms with Gasteiger partial charge in [0.1, 0.15) is 0 Å². The van der Waals surface area contributed by atoms with Crippen molar-refractivity contribution >= 4 is 26.9 Å². The van der Waals surface area contributed by atoms with Crippen LogP contribution in [-0.4, -0.2) is 13.9 Å². The lowest BCUT2D eigenvalue weighted by atomic mass is 9.66. The molecular weight excluding hydrogens is 324 g/mol. The van der Waals surface area contributed by atoms with Gasteiger partial charge in [-0.1, -0.05) is 6.92 Å². The largest absolute Gasteiger partial charge is 0.258 e. The fraction of sp³-hybridized carbons (Fsp3) is 0.643. The van der Waals surface area contributed by atoms with E-state index in [-0.39, 0.29) is 10.3 Å². The Kier molecular flexibility index (Phi) is 4.19. The second-order valence-electron chi connectivity index (χ2n) is 6.26. The molecule has 0 radical (unpaired) electrons. The van der Waals surface area contributed by atoms with Gasteiger partial charge in [-0.3, -0.25) is 4.98 Å². The van der Waals surface area contributed by atoms with Crippen LogP contribution < -0.4 is 4.72 Å². The summed E-state index contributed by atoms with van der Waals surface area (Å²) in [4.78, 5) is 4.51. The van der Waals surface area contributed by atoms with Gasteiger partial charge in [0.2, 0.25) is 0 Å². The molecule has 1 fully saturated rings. The first kappa shape index (κ1) is 15.1. The molecule has 1 aliphatic carbocycles. The molecule has 1 aliphatic rings. The number of hydrogen-bond acceptors (Lipinski definition) is 2. The summed E-state index contributed by atoms with van der Waals surface area (Å²) in [5, 5.41) is 0. The van der Waals surface area contributed by atoms with Crippen molar-refractivity contribution in [2.24, 2.45) is 5.92 Å². The van der Waals surface area contributed by atoms with Gasteiger partial charge in [0.25, 0.3) is 0 Å². The monoisotopic (exact) mass is 344 g/mol. The molecule has 3 nitrogen and oxygen atoms in total. The fourth-order valence-corrected chi connectivity index (χ4v) is 3.54. The van der Waals surface area contributed by atoms with E-state index in [1.54, 1.807) is 0 Å². The highest BCUT2D eigenvalue weighted by molar-refractivity contribution is 9.10. The average Bonchev–Trinajstić information content (AvgIpc) is 2.33. The number of halogens is 1. The first-order valence-electron chi connectivity index (χ1n) is 6.57. The molecule has 1 N–H and O–H groups in total. The molecule has 2 rings (SSSR count). The number of nitrogens with zero attached hydrogens (tertiary/aromatic N) is 1. The maximum atomic E-state index is 12.4. The minimum absolute atomic E-state index is 0.237. The Balaban J connectivity index is 2.29. The lowest BCUT2D eigenvalue weighted by Gasteiger charge is -2.48. The Morgan fingerprint density at radius 1 is 1.47 bits per heavy atom. The lowest BCUT2D eigenvalue weighted by molar-refractivity contribution is 0.119. The predicted molar refractivity (Wildman–Crippen MR) is 83.0 cm³/mol. The summed E-state index contributed by atoms with van der Waals surface area (Å²) >= 11 is 3.41. The number of aromatic nitrogens is 1. The Morgan fingerprint density at radius 3 is 2.53 bits per heavy atom. The lowest BCUT2D eigenvalue weighted by Crippen LogP contribution is -2.57. The van der Waals surface area contributed by atoms with E-state index in [1.165, 1.54) is 0 Å². The standard InChI is InChI=1S/C14H21BrN2OS/c1-10-7-8-14(10,17-19(18)13(2,3)4)12-6-5-11(15)9-16-12/h5-6,9-10,17H,7-8H2,1-4H3. The van der Waals surface area contributed by atoms with Crippen molar-refractivity contribution in [3.8, 4) is 0 Å². The van der Waals surface area contributed by atoms with E-state index in [4.69, 9.17) is 0 Å². The van der Waals surface area contributed by atoms with Gasteiger partial charge in [0.05, 0.1) is 27.0 Å². The van der Waals surface area contributed by atoms with Crippen LogP contribution >= 0.6 is 15.9 Å². The molecule has 5 heteroatoms. The van der Waals surface area contributed by atoms with Gasteiger partial charge in [0.15, 0.2) is 0 Å². The molecule has 0 saturated heterocycles. The van der Waals surface area contributed by atoms with Crippen LogP contribution in [0.5, 0.6) is 0 Å². The molecule has 0 spiro atoms. The zero-order chi connectivity index (χ0) is 14.3. The molecular formula is C14H21BrN2OS. The van der Waals surface area contributed by atoms with E-state index >= 15 is 0 Å². The summed E-state index contributed by atoms with van der Waals surface area (Å²) in [6.07, 6.45) is 3.94. The van der Waals surface area contributed by atoms with Crippen molar-refractivity contribution in [3.05, 3.63) is 28.5 Å². The van der Waals surface area contributed by atoms with E-state index in [9.17, 15) is 4.21 Å². The number of pyridine rings is 1. The summed E-state index contributed by atoms with van der Waals surface area (Å²) in [7, 11) is -1.08. The first-order chi connectivity index (χ1) is 8.75. The van der Waals surface area contributed by atoms with E-state index in [0.29, 0.717) is 5.92 Å². The molecule has 0 amide bonds. The quantitative estimate of drug-likeness (QED) is 0.911. The van der Waals surface area contributed by atoms with Crippen molar-refractivity contribution in [2.75, 3.05) is 0 Å². The number of nitrogens with one attached hydrogen (secondary N) is 1. The van der Waals surface area contributed by atoms with Gasteiger partial charge in [0, 0.05) is 10.7 Å². The summed E-state index contributed by atoms with van der Waals surface area (Å²) in [6.45, 7) is 8.16. The SMILES string of the molecule is CC1CCC1(NS(=O)C(C)(C)C)c1ccc(Br)cn1. The minimum Gasteiger partial charge on any atom is -0.258 e. The van der Waals surface area contributed by atoms with E-state index in [1.807, 2.05) is 39.1 Å². The molecule has 0 aromatic carbocycles. The average molecular weight is 345 g/mol. The Bertz CT molecular complexity index is 483. The normalized spacial score (nSPS) is 28.8. The van der Waals surface area contributed by atoms with E-state index in [2.05, 4.69) is 32.6 Å². The van der Waals surface area contributed by atoms with Crippen LogP contribution in [0.2, 0.25) is 0 Å². The zero-order valence-corrected chi connectivity index (χ0v) is 14.3. The van der Waals surface area contributed by atoms with Crippen molar-refractivity contribution < 1.29 is 4.21 Å². The van der Waals surface area contributed by atoms with Gasteiger partial charge in [-0.2, -0.15) is 0 Å². The van der Waals surface area contributed by atoms with Crippen LogP contribution in [0.3, 0.4) is 0 Å². The summed E-state index contributed by atoms with van der Waals surface area (Å²) in [5.41, 5.74) is 0.755. The highest BCUT2D eigenvalue weighted by Crippen LogP contribution is 2.46. The van der Waals surface area contributed by atoms with Crippen molar-refractivity contribution in [1.82, 2.24) is 9.71 Å². The Morgan fingerprint density at radius 2 is 2.16 bits per heavy atom. The highest BCUT2D eigenvalue weighted by Gasteiger charge is 2.48. The molecule has 1 aromatic heterocycles. The van der Waals surface area contributed by atoms with Crippen LogP contribution in [0, 0.1) is 5.92 Å². The molecule has 0 aliphatic heterocycles. The Hall–Kier alpha value is -0.260. The third-order valence-electron chi connectivity index (χ3n) is 3.83. The molecule has 1 aromatic rings. The van der Waals surface area contributed by atoms with E-state index < -0.39 is 11.0 Å². The maximum absolute atomic E-state index is 12.4. The second kappa shape index (κ2) is 5.26. The summed E-state index contributed by atoms with van der Waals surface area (Å²) in [5.74, 6) is 0.451. The van der Waals surface area contributed by atoms with Crippen LogP contribution in [0.25, 0.3) is 0 Å². The van der Waals surface area contributed by atoms with Crippen LogP contribution in [0.4, 0.5) is 0 Å². The van der Waals surface area contributed by atoms with Crippen LogP contribution in [-0.2, 0) is 16.5 Å². The minimum atomic E-state index is -1.08. The highest BCUT2D eigenvalue weighted by atomic mass is 79.9. The van der Waals surface area contributed by atoms with Crippen molar-refractivity contribution in [2.45, 2.75) is 50.8 Å². The van der Waals surface area contributed by atoms with Gasteiger partial charge >= 0.3 is 0 Å². The molecule has 106 valence electrons. The first-order valence-corrected chi connectivity index (χ1v) is 8.52. The van der Waals surface area contributed by atoms with Gasteiger partial charge in [-0.05, 0) is 67.6 Å². The molecule has 1 saturated carbocycles. The second-order valence-corrected chi connectivity index (χ2v) is 9.14. The number of hydrogen-bond donors (Lipinski definition) is 1. The van der Waals surface area contributed by atoms with E-state index in [0.717, 1.165) is 23.0 Å². The number of rotatable bonds is 3. The van der Waals surface area contributed by atoms with Gasteiger partial charge < -0.3 is 0 Å². The molecule has 3 unspecified atom stereocenters. The van der Waals surface area contributed by atoms with Crippen molar-refractivity contribution in [1.29, 1.82) is 0 Å².